The molecule has 1 aromatic heterocycles. The molecule has 0 bridgehead atoms. The van der Waals surface area contributed by atoms with Crippen molar-refractivity contribution in [3.63, 3.8) is 0 Å². The van der Waals surface area contributed by atoms with Gasteiger partial charge in [-0.25, -0.2) is 0 Å². The summed E-state index contributed by atoms with van der Waals surface area (Å²) in [4.78, 5) is 14.7. The third-order valence-electron chi connectivity index (χ3n) is 6.14. The van der Waals surface area contributed by atoms with Gasteiger partial charge in [0.05, 0.1) is 25.7 Å². The zero-order chi connectivity index (χ0) is 23.6. The van der Waals surface area contributed by atoms with Gasteiger partial charge in [-0.2, -0.15) is 13.2 Å². The fourth-order valence-electron chi connectivity index (χ4n) is 4.27. The van der Waals surface area contributed by atoms with Crippen LogP contribution in [0.5, 0.6) is 5.75 Å². The highest BCUT2D eigenvalue weighted by atomic mass is 19.4. The van der Waals surface area contributed by atoms with E-state index in [2.05, 4.69) is 4.98 Å². The minimum atomic E-state index is -4.43. The number of hydrogen-bond acceptors (Lipinski definition) is 4. The van der Waals surface area contributed by atoms with Gasteiger partial charge in [0.2, 0.25) is 0 Å². The highest BCUT2D eigenvalue weighted by Gasteiger charge is 2.36. The van der Waals surface area contributed by atoms with E-state index in [9.17, 15) is 18.0 Å². The van der Waals surface area contributed by atoms with E-state index < -0.39 is 11.7 Å². The zero-order valence-corrected chi connectivity index (χ0v) is 18.6. The Balaban J connectivity index is 1.51. The Kier molecular flexibility index (Phi) is 6.65. The number of aromatic nitrogens is 1. The Morgan fingerprint density at radius 3 is 2.73 bits per heavy atom. The number of aryl methyl sites for hydroxylation is 2. The number of H-pyrrole nitrogens is 1. The number of esters is 1. The Bertz CT molecular complexity index is 1150. The summed E-state index contributed by atoms with van der Waals surface area (Å²) < 4.78 is 56.9. The van der Waals surface area contributed by atoms with E-state index in [1.165, 1.54) is 13.2 Å². The van der Waals surface area contributed by atoms with E-state index >= 15 is 0 Å². The molecular formula is C25H26F3NO4. The maximum absolute atomic E-state index is 13.7. The minimum Gasteiger partial charge on any atom is -0.489 e. The molecule has 2 heterocycles. The maximum atomic E-state index is 13.7. The lowest BCUT2D eigenvalue weighted by molar-refractivity contribution is -0.140. The summed E-state index contributed by atoms with van der Waals surface area (Å²) in [5.41, 5.74) is 2.96. The molecule has 176 valence electrons. The van der Waals surface area contributed by atoms with Crippen LogP contribution in [0.3, 0.4) is 0 Å². The molecule has 0 aliphatic carbocycles. The first kappa shape index (κ1) is 23.2. The normalized spacial score (nSPS) is 16.3. The summed E-state index contributed by atoms with van der Waals surface area (Å²) >= 11 is 0. The monoisotopic (exact) mass is 461 g/mol. The van der Waals surface area contributed by atoms with Gasteiger partial charge >= 0.3 is 12.1 Å². The van der Waals surface area contributed by atoms with Crippen LogP contribution in [0.4, 0.5) is 13.2 Å². The SMILES string of the molecule is COC(=O)CCc1[nH]c2ccc(OCc3ccc(C4CCOC4)c(C(F)(F)F)c3)cc2c1C. The summed E-state index contributed by atoms with van der Waals surface area (Å²) in [6.45, 7) is 2.78. The molecule has 1 saturated heterocycles. The standard InChI is InChI=1S/C25H26F3NO4/c1-15-20-12-18(4-6-23(20)29-22(15)7-8-24(30)31-2)33-13-16-3-5-19(17-9-10-32-14-17)21(11-16)25(26,27)28/h3-6,11-12,17,29H,7-10,13-14H2,1-2H3. The van der Waals surface area contributed by atoms with Crippen LogP contribution in [-0.2, 0) is 33.5 Å². The fraction of sp³-hybridized carbons (Fsp3) is 0.400. The van der Waals surface area contributed by atoms with Gasteiger partial charge < -0.3 is 19.2 Å². The molecule has 1 unspecified atom stereocenters. The van der Waals surface area contributed by atoms with E-state index in [0.717, 1.165) is 22.2 Å². The second-order valence-corrected chi connectivity index (χ2v) is 8.28. The molecule has 4 rings (SSSR count). The van der Waals surface area contributed by atoms with Gasteiger partial charge in [-0.1, -0.05) is 12.1 Å². The van der Waals surface area contributed by atoms with Gasteiger partial charge in [0.15, 0.2) is 0 Å². The molecule has 1 atom stereocenters. The van der Waals surface area contributed by atoms with E-state index in [1.54, 1.807) is 18.2 Å². The van der Waals surface area contributed by atoms with Crippen molar-refractivity contribution >= 4 is 16.9 Å². The number of ether oxygens (including phenoxy) is 3. The Labute approximate surface area is 189 Å². The van der Waals surface area contributed by atoms with Crippen molar-refractivity contribution in [2.24, 2.45) is 0 Å². The number of hydrogen-bond donors (Lipinski definition) is 1. The minimum absolute atomic E-state index is 0.0225. The third-order valence-corrected chi connectivity index (χ3v) is 6.14. The third kappa shape index (κ3) is 5.16. The van der Waals surface area contributed by atoms with Crippen molar-refractivity contribution in [3.05, 3.63) is 64.3 Å². The topological polar surface area (TPSA) is 60.6 Å². The average molecular weight is 461 g/mol. The molecule has 1 N–H and O–H groups in total. The summed E-state index contributed by atoms with van der Waals surface area (Å²) in [6.07, 6.45) is -3.04. The first-order valence-corrected chi connectivity index (χ1v) is 10.8. The molecule has 2 aromatic carbocycles. The molecule has 8 heteroatoms. The molecular weight excluding hydrogens is 435 g/mol. The Hall–Kier alpha value is -3.00. The second-order valence-electron chi connectivity index (χ2n) is 8.28. The van der Waals surface area contributed by atoms with Crippen molar-refractivity contribution in [2.75, 3.05) is 20.3 Å². The number of methoxy groups -OCH3 is 1. The van der Waals surface area contributed by atoms with Crippen LogP contribution in [-0.4, -0.2) is 31.3 Å². The van der Waals surface area contributed by atoms with Gasteiger partial charge in [0.1, 0.15) is 12.4 Å². The van der Waals surface area contributed by atoms with Gasteiger partial charge in [0, 0.05) is 29.1 Å². The lowest BCUT2D eigenvalue weighted by atomic mass is 9.92. The highest BCUT2D eigenvalue weighted by molar-refractivity contribution is 5.86. The highest BCUT2D eigenvalue weighted by Crippen LogP contribution is 2.38. The van der Waals surface area contributed by atoms with E-state index in [0.29, 0.717) is 37.4 Å². The number of halogens is 3. The number of fused-ring (bicyclic) bond motifs is 1. The van der Waals surface area contributed by atoms with Crippen molar-refractivity contribution < 1.29 is 32.2 Å². The number of carbonyl (C=O) groups excluding carboxylic acids is 1. The molecule has 1 aliphatic heterocycles. The van der Waals surface area contributed by atoms with Crippen molar-refractivity contribution in [1.82, 2.24) is 4.98 Å². The summed E-state index contributed by atoms with van der Waals surface area (Å²) in [5.74, 6) is 0.0525. The lowest BCUT2D eigenvalue weighted by Gasteiger charge is -2.18. The zero-order valence-electron chi connectivity index (χ0n) is 18.6. The molecule has 1 aliphatic rings. The first-order valence-electron chi connectivity index (χ1n) is 10.8. The van der Waals surface area contributed by atoms with Gasteiger partial charge in [-0.15, -0.1) is 0 Å². The van der Waals surface area contributed by atoms with Crippen molar-refractivity contribution in [2.45, 2.75) is 44.9 Å². The Morgan fingerprint density at radius 1 is 1.21 bits per heavy atom. The molecule has 0 amide bonds. The molecule has 0 spiro atoms. The summed E-state index contributed by atoms with van der Waals surface area (Å²) in [6, 6.07) is 9.92. The van der Waals surface area contributed by atoms with Crippen LogP contribution < -0.4 is 4.74 Å². The fourth-order valence-corrected chi connectivity index (χ4v) is 4.27. The number of nitrogens with one attached hydrogen (secondary N) is 1. The van der Waals surface area contributed by atoms with Crippen LogP contribution in [0.25, 0.3) is 10.9 Å². The van der Waals surface area contributed by atoms with E-state index in [-0.39, 0.29) is 30.5 Å². The first-order chi connectivity index (χ1) is 15.8. The molecule has 1 fully saturated rings. The summed E-state index contributed by atoms with van der Waals surface area (Å²) in [7, 11) is 1.36. The maximum Gasteiger partial charge on any atom is 0.416 e. The van der Waals surface area contributed by atoms with Gasteiger partial charge in [-0.05, 0) is 60.7 Å². The molecule has 5 nitrogen and oxygen atoms in total. The average Bonchev–Trinajstić information content (AvgIpc) is 3.44. The van der Waals surface area contributed by atoms with Gasteiger partial charge in [0.25, 0.3) is 0 Å². The number of aromatic amines is 1. The molecule has 0 saturated carbocycles. The predicted octanol–water partition coefficient (Wildman–Crippen LogP) is 5.68. The van der Waals surface area contributed by atoms with Crippen LogP contribution in [0.2, 0.25) is 0 Å². The number of carbonyl (C=O) groups is 1. The Morgan fingerprint density at radius 2 is 2.03 bits per heavy atom. The lowest BCUT2D eigenvalue weighted by Crippen LogP contribution is -2.13. The molecule has 3 aromatic rings. The van der Waals surface area contributed by atoms with Crippen LogP contribution in [0.15, 0.2) is 36.4 Å². The molecule has 0 radical (unpaired) electrons. The van der Waals surface area contributed by atoms with Crippen LogP contribution >= 0.6 is 0 Å². The van der Waals surface area contributed by atoms with E-state index in [1.807, 2.05) is 19.1 Å². The largest absolute Gasteiger partial charge is 0.489 e. The molecule has 33 heavy (non-hydrogen) atoms. The van der Waals surface area contributed by atoms with Gasteiger partial charge in [-0.3, -0.25) is 4.79 Å². The van der Waals surface area contributed by atoms with E-state index in [4.69, 9.17) is 14.2 Å². The smallest absolute Gasteiger partial charge is 0.416 e. The number of benzene rings is 2. The van der Waals surface area contributed by atoms with Crippen LogP contribution in [0, 0.1) is 6.92 Å². The van der Waals surface area contributed by atoms with Crippen molar-refractivity contribution in [1.29, 1.82) is 0 Å². The predicted molar refractivity (Wildman–Crippen MR) is 117 cm³/mol. The number of alkyl halides is 3. The van der Waals surface area contributed by atoms with Crippen LogP contribution in [0.1, 0.15) is 46.7 Å². The van der Waals surface area contributed by atoms with Crippen molar-refractivity contribution in [3.8, 4) is 5.75 Å². The number of rotatable bonds is 7. The quantitative estimate of drug-likeness (QED) is 0.460. The second kappa shape index (κ2) is 9.47. The summed E-state index contributed by atoms with van der Waals surface area (Å²) in [5, 5.41) is 0.944.